The maximum absolute atomic E-state index is 13.4. The van der Waals surface area contributed by atoms with Gasteiger partial charge in [-0.15, -0.1) is 0 Å². The Morgan fingerprint density at radius 1 is 1.18 bits per heavy atom. The van der Waals surface area contributed by atoms with E-state index in [0.717, 1.165) is 22.2 Å². The highest BCUT2D eigenvalue weighted by atomic mass is 32.2. The Morgan fingerprint density at radius 3 is 2.58 bits per heavy atom. The summed E-state index contributed by atoms with van der Waals surface area (Å²) in [6, 6.07) is 6.78. The van der Waals surface area contributed by atoms with Crippen molar-refractivity contribution < 1.29 is 22.7 Å². The van der Waals surface area contributed by atoms with E-state index in [1.54, 1.807) is 42.5 Å². The van der Waals surface area contributed by atoms with Crippen molar-refractivity contribution in [2.24, 2.45) is 7.05 Å². The van der Waals surface area contributed by atoms with Gasteiger partial charge in [0, 0.05) is 68.0 Å². The third-order valence-corrected chi connectivity index (χ3v) is 8.24. The van der Waals surface area contributed by atoms with Crippen LogP contribution in [-0.2, 0) is 34.8 Å². The van der Waals surface area contributed by atoms with Crippen molar-refractivity contribution in [2.45, 2.75) is 31.7 Å². The first-order valence-electron chi connectivity index (χ1n) is 10.9. The second kappa shape index (κ2) is 8.68. The molecule has 9 nitrogen and oxygen atoms in total. The molecule has 3 aromatic rings. The second-order valence-electron chi connectivity index (χ2n) is 8.07. The fourth-order valence-corrected chi connectivity index (χ4v) is 5.92. The van der Waals surface area contributed by atoms with Crippen molar-refractivity contribution in [2.75, 3.05) is 26.7 Å². The SMILES string of the molecule is CCN(CC)S(=O)(=O)c1cc(C(=O)N2CCc3[nH]c4ccc(C(=O)OC)cc4c3C2)n(C)c1. The number of methoxy groups -OCH3 is 1. The zero-order valence-corrected chi connectivity index (χ0v) is 20.0. The topological polar surface area (TPSA) is 105 Å². The van der Waals surface area contributed by atoms with Crippen LogP contribution in [-0.4, -0.2) is 65.8 Å². The minimum atomic E-state index is -3.66. The number of hydrogen-bond donors (Lipinski definition) is 1. The van der Waals surface area contributed by atoms with Crippen LogP contribution in [0.5, 0.6) is 0 Å². The largest absolute Gasteiger partial charge is 0.465 e. The van der Waals surface area contributed by atoms with Crippen LogP contribution in [0.3, 0.4) is 0 Å². The third-order valence-electron chi connectivity index (χ3n) is 6.23. The fourth-order valence-electron chi connectivity index (χ4n) is 4.39. The van der Waals surface area contributed by atoms with Gasteiger partial charge in [-0.3, -0.25) is 4.79 Å². The van der Waals surface area contributed by atoms with Crippen LogP contribution in [0.15, 0.2) is 35.4 Å². The van der Waals surface area contributed by atoms with E-state index in [4.69, 9.17) is 4.74 Å². The first-order chi connectivity index (χ1) is 15.7. The van der Waals surface area contributed by atoms with Gasteiger partial charge >= 0.3 is 5.97 Å². The number of rotatable bonds is 6. The number of H-pyrrole nitrogens is 1. The molecule has 33 heavy (non-hydrogen) atoms. The Bertz CT molecular complexity index is 1330. The number of aromatic amines is 1. The summed E-state index contributed by atoms with van der Waals surface area (Å²) in [5.41, 5.74) is 3.66. The van der Waals surface area contributed by atoms with Crippen molar-refractivity contribution in [3.63, 3.8) is 0 Å². The number of nitrogens with one attached hydrogen (secondary N) is 1. The highest BCUT2D eigenvalue weighted by Gasteiger charge is 2.29. The van der Waals surface area contributed by atoms with Crippen LogP contribution in [0.25, 0.3) is 10.9 Å². The zero-order chi connectivity index (χ0) is 23.9. The fraction of sp³-hybridized carbons (Fsp3) is 0.391. The number of hydrogen-bond acceptors (Lipinski definition) is 5. The molecule has 0 spiro atoms. The Hall–Kier alpha value is -3.11. The second-order valence-corrected chi connectivity index (χ2v) is 10.0. The molecule has 2 aromatic heterocycles. The Morgan fingerprint density at radius 2 is 1.91 bits per heavy atom. The van der Waals surface area contributed by atoms with Gasteiger partial charge in [-0.25, -0.2) is 13.2 Å². The number of carbonyl (C=O) groups excluding carboxylic acids is 2. The van der Waals surface area contributed by atoms with Crippen LogP contribution >= 0.6 is 0 Å². The van der Waals surface area contributed by atoms with Gasteiger partial charge in [-0.05, 0) is 24.3 Å². The molecule has 3 heterocycles. The van der Waals surface area contributed by atoms with Crippen molar-refractivity contribution in [1.29, 1.82) is 0 Å². The van der Waals surface area contributed by atoms with E-state index in [9.17, 15) is 18.0 Å². The monoisotopic (exact) mass is 472 g/mol. The summed E-state index contributed by atoms with van der Waals surface area (Å²) in [6.07, 6.45) is 2.13. The maximum Gasteiger partial charge on any atom is 0.337 e. The van der Waals surface area contributed by atoms with Gasteiger partial charge in [-0.1, -0.05) is 13.8 Å². The highest BCUT2D eigenvalue weighted by Crippen LogP contribution is 2.30. The maximum atomic E-state index is 13.4. The summed E-state index contributed by atoms with van der Waals surface area (Å²) in [6.45, 7) is 5.16. The molecule has 176 valence electrons. The molecule has 0 radical (unpaired) electrons. The number of esters is 1. The molecule has 0 atom stereocenters. The van der Waals surface area contributed by atoms with Crippen molar-refractivity contribution in [3.05, 3.63) is 53.0 Å². The lowest BCUT2D eigenvalue weighted by molar-refractivity contribution is 0.0600. The van der Waals surface area contributed by atoms with Gasteiger partial charge < -0.3 is 19.2 Å². The van der Waals surface area contributed by atoms with Crippen LogP contribution < -0.4 is 0 Å². The predicted octanol–water partition coefficient (Wildman–Crippen LogP) is 2.52. The summed E-state index contributed by atoms with van der Waals surface area (Å²) in [4.78, 5) is 30.5. The first kappa shape index (κ1) is 23.1. The molecule has 0 unspecified atom stereocenters. The van der Waals surface area contributed by atoms with Crippen molar-refractivity contribution in [3.8, 4) is 0 Å². The van der Waals surface area contributed by atoms with E-state index in [2.05, 4.69) is 4.98 Å². The van der Waals surface area contributed by atoms with E-state index in [1.807, 2.05) is 6.07 Å². The molecule has 0 bridgehead atoms. The molecule has 10 heteroatoms. The van der Waals surface area contributed by atoms with Gasteiger partial charge in [0.15, 0.2) is 0 Å². The Kier molecular flexibility index (Phi) is 6.06. The van der Waals surface area contributed by atoms with Gasteiger partial charge in [0.05, 0.1) is 12.7 Å². The first-order valence-corrected chi connectivity index (χ1v) is 12.3. The minimum Gasteiger partial charge on any atom is -0.465 e. The molecule has 1 N–H and O–H groups in total. The number of aryl methyl sites for hydroxylation is 1. The van der Waals surface area contributed by atoms with Crippen molar-refractivity contribution >= 4 is 32.8 Å². The number of fused-ring (bicyclic) bond motifs is 3. The lowest BCUT2D eigenvalue weighted by Crippen LogP contribution is -2.36. The van der Waals surface area contributed by atoms with E-state index in [0.29, 0.717) is 43.9 Å². The third kappa shape index (κ3) is 3.93. The molecule has 1 aliphatic heterocycles. The van der Waals surface area contributed by atoms with E-state index < -0.39 is 16.0 Å². The van der Waals surface area contributed by atoms with Gasteiger partial charge in [-0.2, -0.15) is 4.31 Å². The average molecular weight is 473 g/mol. The lowest BCUT2D eigenvalue weighted by atomic mass is 10.0. The standard InChI is InChI=1S/C23H28N4O5S/c1-5-27(6-2)33(30,31)16-12-21(25(3)13-16)22(28)26-10-9-20-18(14-26)17-11-15(23(29)32-4)7-8-19(17)24-20/h7-8,11-13,24H,5-6,9-10,14H2,1-4H3. The molecule has 1 aliphatic rings. The number of aromatic nitrogens is 2. The molecule has 0 fully saturated rings. The molecule has 1 aromatic carbocycles. The van der Waals surface area contributed by atoms with Gasteiger partial charge in [0.1, 0.15) is 10.6 Å². The average Bonchev–Trinajstić information content (AvgIpc) is 3.38. The summed E-state index contributed by atoms with van der Waals surface area (Å²) in [5, 5.41) is 0.877. The number of sulfonamides is 1. The summed E-state index contributed by atoms with van der Waals surface area (Å²) >= 11 is 0. The summed E-state index contributed by atoms with van der Waals surface area (Å²) in [7, 11) is -0.638. The van der Waals surface area contributed by atoms with Crippen LogP contribution in [0.2, 0.25) is 0 Å². The molecule has 0 saturated heterocycles. The van der Waals surface area contributed by atoms with Gasteiger partial charge in [0.25, 0.3) is 5.91 Å². The predicted molar refractivity (Wildman–Crippen MR) is 124 cm³/mol. The highest BCUT2D eigenvalue weighted by molar-refractivity contribution is 7.89. The number of amides is 1. The van der Waals surface area contributed by atoms with E-state index >= 15 is 0 Å². The van der Waals surface area contributed by atoms with E-state index in [-0.39, 0.29) is 10.8 Å². The number of carbonyl (C=O) groups is 2. The number of ether oxygens (including phenoxy) is 1. The summed E-state index contributed by atoms with van der Waals surface area (Å²) in [5.74, 6) is -0.649. The number of benzene rings is 1. The molecular formula is C23H28N4O5S. The normalized spacial score (nSPS) is 14.0. The van der Waals surface area contributed by atoms with Crippen LogP contribution in [0, 0.1) is 0 Å². The minimum absolute atomic E-state index is 0.115. The quantitative estimate of drug-likeness (QED) is 0.555. The summed E-state index contributed by atoms with van der Waals surface area (Å²) < 4.78 is 33.6. The number of nitrogens with zero attached hydrogens (tertiary/aromatic N) is 3. The zero-order valence-electron chi connectivity index (χ0n) is 19.2. The molecule has 0 aliphatic carbocycles. The molecule has 0 saturated carbocycles. The van der Waals surface area contributed by atoms with Gasteiger partial charge in [0.2, 0.25) is 10.0 Å². The molecular weight excluding hydrogens is 444 g/mol. The van der Waals surface area contributed by atoms with Crippen LogP contribution in [0.1, 0.15) is 46.0 Å². The van der Waals surface area contributed by atoms with E-state index in [1.165, 1.54) is 23.7 Å². The van der Waals surface area contributed by atoms with Crippen LogP contribution in [0.4, 0.5) is 0 Å². The molecule has 1 amide bonds. The smallest absolute Gasteiger partial charge is 0.337 e. The molecule has 4 rings (SSSR count). The Labute approximate surface area is 193 Å². The lowest BCUT2D eigenvalue weighted by Gasteiger charge is -2.27. The van der Waals surface area contributed by atoms with Crippen molar-refractivity contribution in [1.82, 2.24) is 18.8 Å². The Balaban J connectivity index is 1.65.